The SMILES string of the molecule is CCCNCC(CC)CCCS(C)(=O)=O. The average Bonchev–Trinajstić information content (AvgIpc) is 2.14. The monoisotopic (exact) mass is 235 g/mol. The Morgan fingerprint density at radius 3 is 2.40 bits per heavy atom. The van der Waals surface area contributed by atoms with Crippen molar-refractivity contribution in [2.45, 2.75) is 39.5 Å². The van der Waals surface area contributed by atoms with E-state index in [0.29, 0.717) is 11.7 Å². The molecule has 0 bridgehead atoms. The van der Waals surface area contributed by atoms with Gasteiger partial charge in [0.15, 0.2) is 0 Å². The second-order valence-corrected chi connectivity index (χ2v) is 6.51. The molecule has 0 aliphatic rings. The van der Waals surface area contributed by atoms with E-state index >= 15 is 0 Å². The molecule has 0 saturated carbocycles. The first-order chi connectivity index (χ1) is 6.99. The molecule has 0 rings (SSSR count). The van der Waals surface area contributed by atoms with E-state index in [1.54, 1.807) is 0 Å². The number of hydrogen-bond donors (Lipinski definition) is 1. The van der Waals surface area contributed by atoms with Crippen molar-refractivity contribution in [1.29, 1.82) is 0 Å². The van der Waals surface area contributed by atoms with E-state index < -0.39 is 9.84 Å². The molecule has 0 aromatic carbocycles. The molecule has 0 fully saturated rings. The topological polar surface area (TPSA) is 46.2 Å². The van der Waals surface area contributed by atoms with E-state index in [9.17, 15) is 8.42 Å². The lowest BCUT2D eigenvalue weighted by atomic mass is 10.0. The Labute approximate surface area is 94.6 Å². The minimum Gasteiger partial charge on any atom is -0.316 e. The van der Waals surface area contributed by atoms with Crippen molar-refractivity contribution in [2.24, 2.45) is 5.92 Å². The Morgan fingerprint density at radius 1 is 1.27 bits per heavy atom. The maximum atomic E-state index is 10.9. The van der Waals surface area contributed by atoms with Crippen molar-refractivity contribution in [1.82, 2.24) is 5.32 Å². The van der Waals surface area contributed by atoms with Crippen LogP contribution < -0.4 is 5.32 Å². The number of sulfone groups is 1. The first-order valence-corrected chi connectivity index (χ1v) is 7.94. The van der Waals surface area contributed by atoms with Gasteiger partial charge in [-0.1, -0.05) is 20.3 Å². The fraction of sp³-hybridized carbons (Fsp3) is 1.00. The molecule has 1 atom stereocenters. The lowest BCUT2D eigenvalue weighted by molar-refractivity contribution is 0.429. The molecule has 0 aliphatic carbocycles. The van der Waals surface area contributed by atoms with E-state index in [1.165, 1.54) is 6.26 Å². The van der Waals surface area contributed by atoms with Crippen LogP contribution >= 0.6 is 0 Å². The number of hydrogen-bond acceptors (Lipinski definition) is 3. The highest BCUT2D eigenvalue weighted by Crippen LogP contribution is 2.10. The summed E-state index contributed by atoms with van der Waals surface area (Å²) in [6, 6.07) is 0. The summed E-state index contributed by atoms with van der Waals surface area (Å²) in [4.78, 5) is 0. The first-order valence-electron chi connectivity index (χ1n) is 5.88. The van der Waals surface area contributed by atoms with Gasteiger partial charge in [0.1, 0.15) is 9.84 Å². The van der Waals surface area contributed by atoms with Gasteiger partial charge >= 0.3 is 0 Å². The van der Waals surface area contributed by atoms with Gasteiger partial charge in [-0.3, -0.25) is 0 Å². The largest absolute Gasteiger partial charge is 0.316 e. The van der Waals surface area contributed by atoms with Crippen LogP contribution in [0.15, 0.2) is 0 Å². The minimum atomic E-state index is -2.77. The van der Waals surface area contributed by atoms with E-state index in [0.717, 1.165) is 38.8 Å². The summed E-state index contributed by atoms with van der Waals surface area (Å²) in [6.07, 6.45) is 5.40. The van der Waals surface area contributed by atoms with Crippen molar-refractivity contribution in [3.05, 3.63) is 0 Å². The summed E-state index contributed by atoms with van der Waals surface area (Å²) in [7, 11) is -2.77. The van der Waals surface area contributed by atoms with Crippen molar-refractivity contribution in [3.63, 3.8) is 0 Å². The van der Waals surface area contributed by atoms with Gasteiger partial charge in [-0.15, -0.1) is 0 Å². The molecule has 0 heterocycles. The Bertz CT molecular complexity index is 237. The smallest absolute Gasteiger partial charge is 0.147 e. The molecule has 1 N–H and O–H groups in total. The normalized spacial score (nSPS) is 14.1. The van der Waals surface area contributed by atoms with Crippen molar-refractivity contribution >= 4 is 9.84 Å². The summed E-state index contributed by atoms with van der Waals surface area (Å²) in [5, 5.41) is 3.38. The third-order valence-electron chi connectivity index (χ3n) is 2.56. The Kier molecular flexibility index (Phi) is 8.06. The third kappa shape index (κ3) is 10.2. The van der Waals surface area contributed by atoms with E-state index in [-0.39, 0.29) is 0 Å². The highest BCUT2D eigenvalue weighted by atomic mass is 32.2. The Morgan fingerprint density at radius 2 is 1.93 bits per heavy atom. The molecule has 3 nitrogen and oxygen atoms in total. The molecule has 1 unspecified atom stereocenters. The molecule has 0 spiro atoms. The van der Waals surface area contributed by atoms with Crippen molar-refractivity contribution in [3.8, 4) is 0 Å². The lowest BCUT2D eigenvalue weighted by Gasteiger charge is -2.14. The lowest BCUT2D eigenvalue weighted by Crippen LogP contribution is -2.23. The van der Waals surface area contributed by atoms with Crippen LogP contribution in [0.5, 0.6) is 0 Å². The van der Waals surface area contributed by atoms with Crippen LogP contribution in [0.4, 0.5) is 0 Å². The van der Waals surface area contributed by atoms with Crippen molar-refractivity contribution < 1.29 is 8.42 Å². The molecular weight excluding hydrogens is 210 g/mol. The summed E-state index contributed by atoms with van der Waals surface area (Å²) in [5.41, 5.74) is 0. The van der Waals surface area contributed by atoms with Gasteiger partial charge < -0.3 is 5.32 Å². The molecule has 0 aromatic heterocycles. The Balaban J connectivity index is 3.61. The Hall–Kier alpha value is -0.0900. The summed E-state index contributed by atoms with van der Waals surface area (Å²) in [5.74, 6) is 0.954. The molecule has 15 heavy (non-hydrogen) atoms. The molecule has 92 valence electrons. The third-order valence-corrected chi connectivity index (χ3v) is 3.59. The van der Waals surface area contributed by atoms with E-state index in [1.807, 2.05) is 0 Å². The highest BCUT2D eigenvalue weighted by Gasteiger charge is 2.08. The number of rotatable bonds is 9. The molecule has 0 saturated heterocycles. The maximum absolute atomic E-state index is 10.9. The van der Waals surface area contributed by atoms with E-state index in [4.69, 9.17) is 0 Å². The van der Waals surface area contributed by atoms with Gasteiger partial charge in [-0.25, -0.2) is 8.42 Å². The fourth-order valence-corrected chi connectivity index (χ4v) is 2.26. The van der Waals surface area contributed by atoms with Crippen LogP contribution in [-0.4, -0.2) is 33.5 Å². The molecule has 4 heteroatoms. The first kappa shape index (κ1) is 14.9. The van der Waals surface area contributed by atoms with Crippen LogP contribution in [0.25, 0.3) is 0 Å². The second kappa shape index (κ2) is 8.11. The van der Waals surface area contributed by atoms with Crippen LogP contribution in [0, 0.1) is 5.92 Å². The van der Waals surface area contributed by atoms with Crippen LogP contribution in [0.3, 0.4) is 0 Å². The quantitative estimate of drug-likeness (QED) is 0.620. The fourth-order valence-electron chi connectivity index (χ4n) is 1.57. The average molecular weight is 235 g/mol. The van der Waals surface area contributed by atoms with Gasteiger partial charge in [0.2, 0.25) is 0 Å². The zero-order chi connectivity index (χ0) is 11.7. The standard InChI is InChI=1S/C11H25NO2S/c1-4-8-12-10-11(5-2)7-6-9-15(3,13)14/h11-12H,4-10H2,1-3H3. The summed E-state index contributed by atoms with van der Waals surface area (Å²) >= 11 is 0. The molecule has 0 radical (unpaired) electrons. The number of nitrogens with one attached hydrogen (secondary N) is 1. The minimum absolute atomic E-state index is 0.331. The molecule has 0 amide bonds. The molecule has 0 aliphatic heterocycles. The highest BCUT2D eigenvalue weighted by molar-refractivity contribution is 7.90. The van der Waals surface area contributed by atoms with Crippen LogP contribution in [-0.2, 0) is 9.84 Å². The summed E-state index contributed by atoms with van der Waals surface area (Å²) < 4.78 is 21.9. The van der Waals surface area contributed by atoms with Crippen LogP contribution in [0.1, 0.15) is 39.5 Å². The van der Waals surface area contributed by atoms with Crippen molar-refractivity contribution in [2.75, 3.05) is 25.1 Å². The zero-order valence-corrected chi connectivity index (χ0v) is 11.1. The summed E-state index contributed by atoms with van der Waals surface area (Å²) in [6.45, 7) is 6.40. The van der Waals surface area contributed by atoms with Gasteiger partial charge in [0.25, 0.3) is 0 Å². The van der Waals surface area contributed by atoms with E-state index in [2.05, 4.69) is 19.2 Å². The van der Waals surface area contributed by atoms with Gasteiger partial charge in [0, 0.05) is 12.0 Å². The second-order valence-electron chi connectivity index (χ2n) is 4.25. The predicted octanol–water partition coefficient (Wildman–Crippen LogP) is 1.84. The zero-order valence-electron chi connectivity index (χ0n) is 10.3. The maximum Gasteiger partial charge on any atom is 0.147 e. The van der Waals surface area contributed by atoms with Crippen LogP contribution in [0.2, 0.25) is 0 Å². The van der Waals surface area contributed by atoms with Gasteiger partial charge in [-0.2, -0.15) is 0 Å². The van der Waals surface area contributed by atoms with Gasteiger partial charge in [-0.05, 0) is 38.3 Å². The molecular formula is C11H25NO2S. The molecule has 0 aromatic rings. The van der Waals surface area contributed by atoms with Gasteiger partial charge in [0.05, 0.1) is 0 Å². The predicted molar refractivity (Wildman–Crippen MR) is 65.9 cm³/mol.